The highest BCUT2D eigenvalue weighted by molar-refractivity contribution is 7.89. The summed E-state index contributed by atoms with van der Waals surface area (Å²) >= 11 is 4.88. The Bertz CT molecular complexity index is 618. The predicted octanol–water partition coefficient (Wildman–Crippen LogP) is 0.514. The van der Waals surface area contributed by atoms with Crippen LogP contribution in [0.25, 0.3) is 0 Å². The molecule has 20 heavy (non-hydrogen) atoms. The maximum Gasteiger partial charge on any atom is 0.245 e. The van der Waals surface area contributed by atoms with Gasteiger partial charge in [-0.3, -0.25) is 4.98 Å². The van der Waals surface area contributed by atoms with E-state index in [1.54, 1.807) is 13.0 Å². The average Bonchev–Trinajstić information content (AvgIpc) is 2.41. The Morgan fingerprint density at radius 3 is 2.90 bits per heavy atom. The third-order valence-electron chi connectivity index (χ3n) is 3.14. The Morgan fingerprint density at radius 2 is 2.25 bits per heavy atom. The van der Waals surface area contributed by atoms with Gasteiger partial charge >= 0.3 is 0 Å². The van der Waals surface area contributed by atoms with Crippen LogP contribution in [-0.2, 0) is 14.8 Å². The van der Waals surface area contributed by atoms with Gasteiger partial charge in [0.25, 0.3) is 0 Å². The van der Waals surface area contributed by atoms with Gasteiger partial charge in [-0.2, -0.15) is 4.31 Å². The quantitative estimate of drug-likeness (QED) is 0.818. The van der Waals surface area contributed by atoms with Crippen molar-refractivity contribution in [2.24, 2.45) is 5.73 Å². The lowest BCUT2D eigenvalue weighted by Crippen LogP contribution is -2.50. The molecule has 0 aromatic carbocycles. The third-order valence-corrected chi connectivity index (χ3v) is 5.35. The first-order valence-electron chi connectivity index (χ1n) is 6.22. The molecule has 2 heterocycles. The minimum absolute atomic E-state index is 0.0295. The molecule has 110 valence electrons. The van der Waals surface area contributed by atoms with Gasteiger partial charge in [-0.05, 0) is 26.0 Å². The zero-order chi connectivity index (χ0) is 14.9. The average molecular weight is 315 g/mol. The number of nitrogens with two attached hydrogens (primary N) is 1. The normalized spacial score (nSPS) is 24.5. The second kappa shape index (κ2) is 5.72. The first-order valence-corrected chi connectivity index (χ1v) is 8.07. The summed E-state index contributed by atoms with van der Waals surface area (Å²) in [6.45, 7) is 4.31. The highest BCUT2D eigenvalue weighted by atomic mass is 32.2. The van der Waals surface area contributed by atoms with Crippen molar-refractivity contribution in [3.63, 3.8) is 0 Å². The zero-order valence-corrected chi connectivity index (χ0v) is 12.9. The van der Waals surface area contributed by atoms with Crippen LogP contribution < -0.4 is 5.73 Å². The topological polar surface area (TPSA) is 85.5 Å². The predicted molar refractivity (Wildman–Crippen MR) is 78.9 cm³/mol. The molecule has 1 aromatic heterocycles. The van der Waals surface area contributed by atoms with Gasteiger partial charge in [0, 0.05) is 18.8 Å². The van der Waals surface area contributed by atoms with E-state index >= 15 is 0 Å². The number of pyridine rings is 1. The maximum atomic E-state index is 12.8. The van der Waals surface area contributed by atoms with Gasteiger partial charge in [0.2, 0.25) is 10.0 Å². The fraction of sp³-hybridized carbons (Fsp3) is 0.500. The van der Waals surface area contributed by atoms with Crippen molar-refractivity contribution in [2.75, 3.05) is 13.2 Å². The van der Waals surface area contributed by atoms with Crippen LogP contribution in [0.5, 0.6) is 0 Å². The van der Waals surface area contributed by atoms with E-state index in [0.29, 0.717) is 13.2 Å². The number of morpholine rings is 1. The first-order chi connectivity index (χ1) is 9.34. The van der Waals surface area contributed by atoms with Crippen LogP contribution >= 0.6 is 12.2 Å². The maximum absolute atomic E-state index is 12.8. The van der Waals surface area contributed by atoms with Crippen molar-refractivity contribution in [2.45, 2.75) is 30.9 Å². The van der Waals surface area contributed by atoms with E-state index in [0.717, 1.165) is 0 Å². The fourth-order valence-electron chi connectivity index (χ4n) is 2.12. The molecule has 0 amide bonds. The lowest BCUT2D eigenvalue weighted by molar-refractivity contribution is -0.0170. The van der Waals surface area contributed by atoms with Crippen LogP contribution in [-0.4, -0.2) is 48.0 Å². The molecule has 0 saturated carbocycles. The lowest BCUT2D eigenvalue weighted by atomic mass is 10.2. The molecular weight excluding hydrogens is 298 g/mol. The third kappa shape index (κ3) is 2.83. The van der Waals surface area contributed by atoms with Gasteiger partial charge in [-0.1, -0.05) is 12.2 Å². The fourth-order valence-corrected chi connectivity index (χ4v) is 4.20. The van der Waals surface area contributed by atoms with Crippen molar-refractivity contribution >= 4 is 27.2 Å². The number of hydrogen-bond donors (Lipinski definition) is 1. The molecule has 0 bridgehead atoms. The molecule has 1 aliphatic heterocycles. The molecule has 1 fully saturated rings. The molecule has 6 nitrogen and oxygen atoms in total. The molecule has 0 radical (unpaired) electrons. The van der Waals surface area contributed by atoms with E-state index in [2.05, 4.69) is 4.98 Å². The van der Waals surface area contributed by atoms with Crippen LogP contribution in [0.15, 0.2) is 23.2 Å². The molecule has 2 rings (SSSR count). The standard InChI is InChI=1S/C12H17N3O3S2/c1-8-7-18-9(2)6-15(8)20(16,17)10-4-3-5-14-11(10)12(13)19/h3-5,8-9H,6-7H2,1-2H3,(H2,13,19). The van der Waals surface area contributed by atoms with Crippen molar-refractivity contribution in [1.82, 2.24) is 9.29 Å². The van der Waals surface area contributed by atoms with Gasteiger partial charge in [0.15, 0.2) is 0 Å². The molecule has 1 aromatic rings. The van der Waals surface area contributed by atoms with E-state index in [1.165, 1.54) is 16.6 Å². The van der Waals surface area contributed by atoms with Crippen LogP contribution in [0, 0.1) is 0 Å². The summed E-state index contributed by atoms with van der Waals surface area (Å²) in [7, 11) is -3.70. The highest BCUT2D eigenvalue weighted by Gasteiger charge is 2.35. The smallest absolute Gasteiger partial charge is 0.245 e. The summed E-state index contributed by atoms with van der Waals surface area (Å²) < 4.78 is 32.4. The molecule has 0 aliphatic carbocycles. The second-order valence-corrected chi connectivity index (χ2v) is 7.08. The zero-order valence-electron chi connectivity index (χ0n) is 11.3. The van der Waals surface area contributed by atoms with E-state index in [9.17, 15) is 8.42 Å². The second-order valence-electron chi connectivity index (χ2n) is 4.78. The number of sulfonamides is 1. The number of thiocarbonyl (C=S) groups is 1. The number of nitrogens with zero attached hydrogens (tertiary/aromatic N) is 2. The van der Waals surface area contributed by atoms with Crippen LogP contribution in [0.4, 0.5) is 0 Å². The Labute approximate surface area is 124 Å². The van der Waals surface area contributed by atoms with Crippen molar-refractivity contribution in [3.8, 4) is 0 Å². The largest absolute Gasteiger partial charge is 0.388 e. The van der Waals surface area contributed by atoms with E-state index in [4.69, 9.17) is 22.7 Å². The van der Waals surface area contributed by atoms with Gasteiger partial charge in [0.1, 0.15) is 15.6 Å². The van der Waals surface area contributed by atoms with Crippen molar-refractivity contribution in [1.29, 1.82) is 0 Å². The van der Waals surface area contributed by atoms with E-state index < -0.39 is 10.0 Å². The number of aromatic nitrogens is 1. The van der Waals surface area contributed by atoms with Crippen molar-refractivity contribution in [3.05, 3.63) is 24.0 Å². The minimum atomic E-state index is -3.70. The summed E-state index contributed by atoms with van der Waals surface area (Å²) in [5.74, 6) is 0. The Balaban J connectivity index is 2.47. The van der Waals surface area contributed by atoms with Crippen LogP contribution in [0.2, 0.25) is 0 Å². The SMILES string of the molecule is CC1CN(S(=O)(=O)c2cccnc2C(N)=S)C(C)CO1. The molecular formula is C12H17N3O3S2. The monoisotopic (exact) mass is 315 g/mol. The van der Waals surface area contributed by atoms with E-state index in [-0.39, 0.29) is 27.7 Å². The van der Waals surface area contributed by atoms with Crippen LogP contribution in [0.3, 0.4) is 0 Å². The molecule has 2 atom stereocenters. The van der Waals surface area contributed by atoms with Gasteiger partial charge in [-0.15, -0.1) is 0 Å². The van der Waals surface area contributed by atoms with Gasteiger partial charge in [-0.25, -0.2) is 8.42 Å². The highest BCUT2D eigenvalue weighted by Crippen LogP contribution is 2.24. The Morgan fingerprint density at radius 1 is 1.55 bits per heavy atom. The summed E-state index contributed by atoms with van der Waals surface area (Å²) in [5.41, 5.74) is 5.70. The summed E-state index contributed by atoms with van der Waals surface area (Å²) in [6, 6.07) is 2.79. The summed E-state index contributed by atoms with van der Waals surface area (Å²) in [6.07, 6.45) is 1.32. The number of hydrogen-bond acceptors (Lipinski definition) is 5. The Hall–Kier alpha value is -1.09. The summed E-state index contributed by atoms with van der Waals surface area (Å²) in [5, 5.41) is 0. The molecule has 1 aliphatic rings. The minimum Gasteiger partial charge on any atom is -0.388 e. The number of rotatable bonds is 3. The van der Waals surface area contributed by atoms with E-state index in [1.807, 2.05) is 6.92 Å². The summed E-state index contributed by atoms with van der Waals surface area (Å²) in [4.78, 5) is 4.00. The Kier molecular flexibility index (Phi) is 4.38. The van der Waals surface area contributed by atoms with Gasteiger partial charge in [0.05, 0.1) is 12.7 Å². The molecule has 2 unspecified atom stereocenters. The first kappa shape index (κ1) is 15.3. The number of ether oxygens (including phenoxy) is 1. The van der Waals surface area contributed by atoms with Crippen molar-refractivity contribution < 1.29 is 13.2 Å². The van der Waals surface area contributed by atoms with Gasteiger partial charge < -0.3 is 10.5 Å². The lowest BCUT2D eigenvalue weighted by Gasteiger charge is -2.35. The molecule has 8 heteroatoms. The molecule has 1 saturated heterocycles. The molecule has 2 N–H and O–H groups in total. The van der Waals surface area contributed by atoms with Crippen LogP contribution in [0.1, 0.15) is 19.5 Å². The molecule has 0 spiro atoms.